The molecule has 0 aromatic heterocycles. The van der Waals surface area contributed by atoms with E-state index in [1.807, 2.05) is 0 Å². The maximum absolute atomic E-state index is 11.3. The molecule has 31 heavy (non-hydrogen) atoms. The fourth-order valence-electron chi connectivity index (χ4n) is 4.27. The van der Waals surface area contributed by atoms with Gasteiger partial charge < -0.3 is 14.3 Å². The lowest BCUT2D eigenvalue weighted by atomic mass is 10.0. The van der Waals surface area contributed by atoms with E-state index in [0.717, 1.165) is 36.8 Å². The third-order valence-corrected chi connectivity index (χ3v) is 7.41. The second-order valence-electron chi connectivity index (χ2n) is 9.74. The lowest BCUT2D eigenvalue weighted by Crippen LogP contribution is -2.48. The Kier molecular flexibility index (Phi) is 19.6. The highest BCUT2D eigenvalue weighted by atomic mass is 31.2. The highest BCUT2D eigenvalue weighted by Crippen LogP contribution is 2.39. The summed E-state index contributed by atoms with van der Waals surface area (Å²) < 4.78 is 17.2. The molecular weight excluding hydrogens is 409 g/mol. The molecule has 0 aromatic carbocycles. The Morgan fingerprint density at radius 2 is 1.03 bits per heavy atom. The Morgan fingerprint density at radius 3 is 1.35 bits per heavy atom. The molecule has 0 saturated carbocycles. The normalized spacial score (nSPS) is 13.6. The van der Waals surface area contributed by atoms with Gasteiger partial charge in [-0.1, -0.05) is 110 Å². The molecule has 0 heterocycles. The Morgan fingerprint density at radius 1 is 0.677 bits per heavy atom. The molecule has 0 rings (SSSR count). The molecule has 0 aliphatic carbocycles. The second-order valence-corrected chi connectivity index (χ2v) is 10.9. The summed E-state index contributed by atoms with van der Waals surface area (Å²) in [6.45, 7) is 9.05. The molecule has 0 bridgehead atoms. The maximum atomic E-state index is 11.3. The van der Waals surface area contributed by atoms with Gasteiger partial charge in [-0.15, -0.1) is 0 Å². The summed E-state index contributed by atoms with van der Waals surface area (Å²) in [7, 11) is -2.30. The van der Waals surface area contributed by atoms with Crippen molar-refractivity contribution >= 4 is 7.82 Å². The Balaban J connectivity index is 3.69. The zero-order chi connectivity index (χ0) is 23.4. The van der Waals surface area contributed by atoms with Crippen LogP contribution in [0.1, 0.15) is 130 Å². The summed E-state index contributed by atoms with van der Waals surface area (Å²) in [5.41, 5.74) is 0. The summed E-state index contributed by atoms with van der Waals surface area (Å²) in [6, 6.07) is 0. The molecule has 0 spiro atoms. The van der Waals surface area contributed by atoms with E-state index >= 15 is 0 Å². The predicted molar refractivity (Wildman–Crippen MR) is 133 cm³/mol. The van der Waals surface area contributed by atoms with E-state index in [9.17, 15) is 14.4 Å². The van der Waals surface area contributed by atoms with Gasteiger partial charge in [0.05, 0.1) is 20.1 Å². The number of hydrogen-bond donors (Lipinski definition) is 2. The lowest BCUT2D eigenvalue weighted by Gasteiger charge is -2.35. The molecule has 0 amide bonds. The van der Waals surface area contributed by atoms with Crippen LogP contribution in [0.15, 0.2) is 0 Å². The Bertz CT molecular complexity index is 437. The summed E-state index contributed by atoms with van der Waals surface area (Å²) in [5, 5.41) is 0. The molecule has 0 aliphatic heterocycles. The largest absolute Gasteiger partial charge is 0.470 e. The van der Waals surface area contributed by atoms with Crippen molar-refractivity contribution in [1.29, 1.82) is 0 Å². The Labute approximate surface area is 194 Å². The first-order chi connectivity index (χ1) is 14.8. The smallest absolute Gasteiger partial charge is 0.324 e. The average molecular weight is 465 g/mol. The van der Waals surface area contributed by atoms with Gasteiger partial charge in [0.1, 0.15) is 12.6 Å². The minimum absolute atomic E-state index is 0.364. The van der Waals surface area contributed by atoms with Crippen molar-refractivity contribution in [2.45, 2.75) is 136 Å². The van der Waals surface area contributed by atoms with Crippen LogP contribution in [0.5, 0.6) is 0 Å². The van der Waals surface area contributed by atoms with E-state index in [2.05, 4.69) is 27.8 Å². The number of rotatable bonds is 23. The van der Waals surface area contributed by atoms with E-state index in [1.54, 1.807) is 0 Å². The number of likely N-dealkylation sites (N-methyl/N-ethyl adjacent to an activating group) is 1. The van der Waals surface area contributed by atoms with Gasteiger partial charge in [0.15, 0.2) is 0 Å². The molecule has 2 N–H and O–H groups in total. The van der Waals surface area contributed by atoms with E-state index in [4.69, 9.17) is 4.52 Å². The van der Waals surface area contributed by atoms with Gasteiger partial charge >= 0.3 is 7.82 Å². The van der Waals surface area contributed by atoms with Crippen LogP contribution in [0.3, 0.4) is 0 Å². The van der Waals surface area contributed by atoms with Crippen molar-refractivity contribution in [2.24, 2.45) is 0 Å². The van der Waals surface area contributed by atoms with Crippen LogP contribution in [-0.4, -0.2) is 47.1 Å². The first kappa shape index (κ1) is 31.1. The van der Waals surface area contributed by atoms with Crippen molar-refractivity contribution in [1.82, 2.24) is 0 Å². The highest BCUT2D eigenvalue weighted by Gasteiger charge is 2.29. The van der Waals surface area contributed by atoms with Crippen molar-refractivity contribution in [3.8, 4) is 0 Å². The standard InChI is InChI=1S/C25H54NO4P/c1-5-8-9-10-11-12-13-14-15-16-17-18-19-20-21-22-23-25(30-31(27,28)29)24-26(4,6-2)7-3/h25H,5-24H2,1-4H3,(H-,27,28,29)/p+1. The van der Waals surface area contributed by atoms with Gasteiger partial charge in [0.2, 0.25) is 0 Å². The lowest BCUT2D eigenvalue weighted by molar-refractivity contribution is -0.908. The van der Waals surface area contributed by atoms with Crippen LogP contribution in [0.25, 0.3) is 0 Å². The number of nitrogens with zero attached hydrogens (tertiary/aromatic N) is 1. The number of phosphoric ester groups is 1. The molecule has 0 radical (unpaired) electrons. The molecule has 0 aromatic rings. The summed E-state index contributed by atoms with van der Waals surface area (Å²) in [6.07, 6.45) is 21.7. The molecule has 188 valence electrons. The minimum atomic E-state index is -4.43. The van der Waals surface area contributed by atoms with Crippen molar-refractivity contribution in [3.63, 3.8) is 0 Å². The van der Waals surface area contributed by atoms with E-state index in [1.165, 1.54) is 89.9 Å². The molecular formula is C25H55NO4P+. The SMILES string of the molecule is CCCCCCCCCCCCCCCCCCC(C[N+](C)(CC)CC)OP(=O)(O)O. The van der Waals surface area contributed by atoms with Gasteiger partial charge in [-0.3, -0.25) is 4.52 Å². The van der Waals surface area contributed by atoms with Gasteiger partial charge in [-0.25, -0.2) is 4.57 Å². The highest BCUT2D eigenvalue weighted by molar-refractivity contribution is 7.46. The topological polar surface area (TPSA) is 66.8 Å². The average Bonchev–Trinajstić information content (AvgIpc) is 2.72. The first-order valence-corrected chi connectivity index (χ1v) is 14.9. The van der Waals surface area contributed by atoms with Crippen LogP contribution < -0.4 is 0 Å². The molecule has 1 atom stereocenters. The van der Waals surface area contributed by atoms with Crippen molar-refractivity contribution in [3.05, 3.63) is 0 Å². The zero-order valence-electron chi connectivity index (χ0n) is 21.3. The molecule has 5 nitrogen and oxygen atoms in total. The van der Waals surface area contributed by atoms with Crippen LogP contribution in [-0.2, 0) is 9.09 Å². The zero-order valence-corrected chi connectivity index (χ0v) is 22.2. The number of unbranched alkanes of at least 4 members (excludes halogenated alkanes) is 15. The van der Waals surface area contributed by atoms with Crippen LogP contribution >= 0.6 is 7.82 Å². The summed E-state index contributed by atoms with van der Waals surface area (Å²) >= 11 is 0. The first-order valence-electron chi connectivity index (χ1n) is 13.3. The number of quaternary nitrogens is 1. The Hall–Kier alpha value is 0.0700. The van der Waals surface area contributed by atoms with Gasteiger partial charge in [-0.05, 0) is 20.3 Å². The number of phosphoric acid groups is 1. The molecule has 0 saturated heterocycles. The monoisotopic (exact) mass is 464 g/mol. The van der Waals surface area contributed by atoms with Crippen molar-refractivity contribution in [2.75, 3.05) is 26.7 Å². The van der Waals surface area contributed by atoms with E-state index in [0.29, 0.717) is 6.54 Å². The summed E-state index contributed by atoms with van der Waals surface area (Å²) in [4.78, 5) is 18.5. The predicted octanol–water partition coefficient (Wildman–Crippen LogP) is 7.60. The molecule has 0 fully saturated rings. The van der Waals surface area contributed by atoms with Crippen molar-refractivity contribution < 1.29 is 23.4 Å². The van der Waals surface area contributed by atoms with Gasteiger partial charge in [0, 0.05) is 0 Å². The van der Waals surface area contributed by atoms with Crippen LogP contribution in [0, 0.1) is 0 Å². The minimum Gasteiger partial charge on any atom is -0.324 e. The summed E-state index contributed by atoms with van der Waals surface area (Å²) in [5.74, 6) is 0. The molecule has 6 heteroatoms. The molecule has 1 unspecified atom stereocenters. The fraction of sp³-hybridized carbons (Fsp3) is 1.00. The fourth-order valence-corrected chi connectivity index (χ4v) is 4.83. The van der Waals surface area contributed by atoms with Crippen LogP contribution in [0.4, 0.5) is 0 Å². The third kappa shape index (κ3) is 20.4. The van der Waals surface area contributed by atoms with E-state index in [-0.39, 0.29) is 6.10 Å². The quantitative estimate of drug-likeness (QED) is 0.0928. The maximum Gasteiger partial charge on any atom is 0.470 e. The molecule has 0 aliphatic rings. The van der Waals surface area contributed by atoms with Gasteiger partial charge in [0.25, 0.3) is 0 Å². The van der Waals surface area contributed by atoms with Gasteiger partial charge in [-0.2, -0.15) is 0 Å². The second kappa shape index (κ2) is 19.5. The van der Waals surface area contributed by atoms with E-state index < -0.39 is 7.82 Å². The van der Waals surface area contributed by atoms with Crippen LogP contribution in [0.2, 0.25) is 0 Å². The third-order valence-electron chi connectivity index (χ3n) is 6.84. The number of hydrogen-bond acceptors (Lipinski definition) is 2.